The number of Topliss-reactive ketones (excluding diaryl/α,β-unsaturated/α-hetero) is 3. The van der Waals surface area contributed by atoms with Crippen molar-refractivity contribution in [3.63, 3.8) is 0 Å². The zero-order chi connectivity index (χ0) is 85.0. The molecule has 9 aromatic heterocycles. The van der Waals surface area contributed by atoms with Crippen molar-refractivity contribution >= 4 is 100 Å². The number of halogens is 3. The second kappa shape index (κ2) is 39.7. The molecule has 0 radical (unpaired) electrons. The highest BCUT2D eigenvalue weighted by atomic mass is 32.1. The lowest BCUT2D eigenvalue weighted by Gasteiger charge is -2.42. The van der Waals surface area contributed by atoms with Gasteiger partial charge in [-0.3, -0.25) is 63.7 Å². The van der Waals surface area contributed by atoms with Crippen LogP contribution in [0.1, 0.15) is 131 Å². The van der Waals surface area contributed by atoms with E-state index in [0.29, 0.717) is 105 Å². The van der Waals surface area contributed by atoms with Crippen LogP contribution in [-0.2, 0) is 33.6 Å². The summed E-state index contributed by atoms with van der Waals surface area (Å²) in [5, 5.41) is 12.5. The number of carboxylic acids is 1. The smallest absolute Gasteiger partial charge is 0.337 e. The molecule has 7 aliphatic rings. The Morgan fingerprint density at radius 1 is 0.423 bits per heavy atom. The molecule has 3 saturated carbocycles. The molecule has 19 rings (SSSR count). The minimum atomic E-state index is -1.04. The average Bonchev–Trinajstić information content (AvgIpc) is 1.64. The standard InChI is InChI=1S/C35H38FN5O3S.C25H19FN2O4S.C25H19FN2O3S.C10H21N3/c1-39-14-16-40(17-15-39)26-9-12-41(13-10-26)35(43)25-5-6-29(38-22-25)33-21-30-34(45-33)32(8-11-37-30)44-31-7-4-24(20-28(31)36)19-27(42)18-23-2-3-23;26-18-11-15(10-17(29)9-14-1-2-14)3-6-21(18)32-22-7-8-27-20-12-23(33-24(20)22)19-5-4-16(13-28-19)25(30)31;26-19-11-16(10-18(30)9-15-1-2-15)4-6-22(19)31-23-7-8-27-21-12-24(32-25(21)23)20-5-3-17(14-29)13-28-20;1-12-6-8-13(9-7-12)10-2-4-11-5-3-10/h4-8,11,20-23,26H,2-3,9-10,12-19H2,1H3;3-8,11-14H,1-2,9-10H2,(H,30,31);3-8,11-15H,1-2,9-10H2;10-11H,2-9H2,1H3. The van der Waals surface area contributed by atoms with Crippen LogP contribution in [0.5, 0.6) is 34.5 Å². The quantitative estimate of drug-likeness (QED) is 0.0478. The van der Waals surface area contributed by atoms with Crippen molar-refractivity contribution < 1.29 is 61.3 Å². The van der Waals surface area contributed by atoms with Gasteiger partial charge in [0.25, 0.3) is 5.91 Å². The number of hydrogen-bond donors (Lipinski definition) is 2. The topological polar surface area (TPSA) is 256 Å². The van der Waals surface area contributed by atoms with E-state index in [1.165, 1.54) is 123 Å². The van der Waals surface area contributed by atoms with Crippen LogP contribution in [0.4, 0.5) is 13.2 Å². The van der Waals surface area contributed by atoms with Gasteiger partial charge >= 0.3 is 5.97 Å². The van der Waals surface area contributed by atoms with Gasteiger partial charge in [0.15, 0.2) is 41.0 Å². The van der Waals surface area contributed by atoms with Crippen LogP contribution >= 0.6 is 34.0 Å². The van der Waals surface area contributed by atoms with Gasteiger partial charge in [0, 0.05) is 177 Å². The van der Waals surface area contributed by atoms with Crippen molar-refractivity contribution in [2.45, 2.75) is 115 Å². The van der Waals surface area contributed by atoms with Crippen molar-refractivity contribution in [1.82, 2.24) is 59.7 Å². The van der Waals surface area contributed by atoms with Gasteiger partial charge in [0.2, 0.25) is 0 Å². The number of aldehydes is 1. The predicted molar refractivity (Wildman–Crippen MR) is 471 cm³/mol. The Labute approximate surface area is 723 Å². The highest BCUT2D eigenvalue weighted by Gasteiger charge is 2.32. The maximum Gasteiger partial charge on any atom is 0.337 e. The monoisotopic (exact) mass is 1720 g/mol. The van der Waals surface area contributed by atoms with Gasteiger partial charge in [-0.1, -0.05) is 18.2 Å². The van der Waals surface area contributed by atoms with Gasteiger partial charge in [0.1, 0.15) is 34.6 Å². The Balaban J connectivity index is 0.000000129. The summed E-state index contributed by atoms with van der Waals surface area (Å²) in [4.78, 5) is 112. The van der Waals surface area contributed by atoms with E-state index in [9.17, 15) is 41.9 Å². The van der Waals surface area contributed by atoms with Gasteiger partial charge in [-0.25, -0.2) is 18.0 Å². The fraction of sp³-hybridized carbons (Fsp3) is 0.368. The van der Waals surface area contributed by atoms with Gasteiger partial charge in [-0.15, -0.1) is 34.0 Å². The van der Waals surface area contributed by atoms with Crippen LogP contribution in [0, 0.1) is 35.2 Å². The number of carbonyl (C=O) groups is 6. The molecule has 3 aromatic carbocycles. The number of nitrogens with zero attached hydrogens (tertiary/aromatic N) is 11. The highest BCUT2D eigenvalue weighted by Crippen LogP contribution is 2.44. The molecule has 636 valence electrons. The maximum atomic E-state index is 15.0. The molecular formula is C95H97F3N12O10S3. The Morgan fingerprint density at radius 2 is 0.789 bits per heavy atom. The van der Waals surface area contributed by atoms with Gasteiger partial charge < -0.3 is 39.3 Å². The van der Waals surface area contributed by atoms with E-state index in [-0.39, 0.29) is 65.3 Å². The molecule has 12 aromatic rings. The van der Waals surface area contributed by atoms with E-state index in [1.807, 2.05) is 35.2 Å². The molecule has 1 amide bonds. The average molecular weight is 1720 g/mol. The van der Waals surface area contributed by atoms with Crippen LogP contribution in [0.15, 0.2) is 165 Å². The lowest BCUT2D eigenvalue weighted by Crippen LogP contribution is -2.52. The third-order valence-corrected chi connectivity index (χ3v) is 27.0. The van der Waals surface area contributed by atoms with E-state index in [2.05, 4.69) is 68.9 Å². The lowest BCUT2D eigenvalue weighted by atomic mass is 10.0. The Kier molecular flexibility index (Phi) is 27.6. The first-order valence-electron chi connectivity index (χ1n) is 42.3. The minimum absolute atomic E-state index is 0.0277. The molecule has 7 fully saturated rings. The molecular weight excluding hydrogens is 1620 g/mol. The van der Waals surface area contributed by atoms with Crippen LogP contribution in [0.3, 0.4) is 0 Å². The van der Waals surface area contributed by atoms with E-state index in [0.717, 1.165) is 149 Å². The number of nitrogens with one attached hydrogen (secondary N) is 1. The maximum absolute atomic E-state index is 15.0. The Morgan fingerprint density at radius 3 is 1.12 bits per heavy atom. The summed E-state index contributed by atoms with van der Waals surface area (Å²) in [5.74, 6) is 1.17. The van der Waals surface area contributed by atoms with Crippen molar-refractivity contribution in [3.05, 3.63) is 215 Å². The summed E-state index contributed by atoms with van der Waals surface area (Å²) < 4.78 is 64.5. The summed E-state index contributed by atoms with van der Waals surface area (Å²) in [6, 6.07) is 36.5. The molecule has 0 spiro atoms. The number of likely N-dealkylation sites (tertiary alicyclic amines) is 1. The van der Waals surface area contributed by atoms with E-state index in [4.69, 9.17) is 19.3 Å². The number of carbonyl (C=O) groups excluding carboxylic acids is 5. The second-order valence-corrected chi connectivity index (χ2v) is 36.2. The van der Waals surface area contributed by atoms with Crippen LogP contribution in [-0.4, -0.2) is 200 Å². The normalized spacial score (nSPS) is 16.8. The third kappa shape index (κ3) is 22.7. The summed E-state index contributed by atoms with van der Waals surface area (Å²) in [6.45, 7) is 13.5. The number of carboxylic acid groups (broad SMARTS) is 1. The number of aromatic nitrogens is 6. The fourth-order valence-corrected chi connectivity index (χ4v) is 19.0. The number of pyridine rings is 6. The van der Waals surface area contributed by atoms with Crippen LogP contribution in [0.2, 0.25) is 0 Å². The number of ketones is 3. The van der Waals surface area contributed by atoms with Crippen molar-refractivity contribution in [2.75, 3.05) is 92.6 Å². The third-order valence-electron chi connectivity index (χ3n) is 23.5. The molecule has 4 saturated heterocycles. The Hall–Kier alpha value is -11.0. The second-order valence-electron chi connectivity index (χ2n) is 33.0. The first kappa shape index (κ1) is 85.6. The number of piperazine rings is 2. The first-order chi connectivity index (χ1) is 59.8. The molecule has 2 N–H and O–H groups in total. The van der Waals surface area contributed by atoms with E-state index >= 15 is 0 Å². The van der Waals surface area contributed by atoms with Gasteiger partial charge in [-0.05, 0) is 217 Å². The Bertz CT molecular complexity index is 5770. The molecule has 22 nitrogen and oxygen atoms in total. The molecule has 123 heavy (non-hydrogen) atoms. The number of rotatable bonds is 26. The molecule has 0 atom stereocenters. The molecule has 13 heterocycles. The predicted octanol–water partition coefficient (Wildman–Crippen LogP) is 18.0. The number of aromatic carboxylic acids is 1. The molecule has 28 heteroatoms. The molecule has 0 unspecified atom stereocenters. The minimum Gasteiger partial charge on any atom is -0.478 e. The SMILES string of the molecule is CN1CCN(C2CCN(C(=O)c3ccc(-c4cc5nccc(Oc6ccc(CC(=O)CC7CC7)cc6F)c5s4)nc3)CC2)CC1.CN1CCN(C2CCNCC2)CC1.O=C(Cc1ccc(Oc2ccnc3cc(-c4ccc(C(=O)O)cn4)sc23)c(F)c1)CC1CC1.O=Cc1ccc(-c2cc3nccc(Oc4ccc(CC(=O)CC5CC5)cc4F)c3s2)nc1. The molecule has 3 aliphatic carbocycles. The number of ether oxygens (including phenoxy) is 3. The number of hydrogen-bond acceptors (Lipinski definition) is 23. The number of piperidine rings is 2. The van der Waals surface area contributed by atoms with Gasteiger partial charge in [0.05, 0.1) is 73.5 Å². The van der Waals surface area contributed by atoms with Crippen molar-refractivity contribution in [1.29, 1.82) is 0 Å². The summed E-state index contributed by atoms with van der Waals surface area (Å²) in [5.41, 5.74) is 7.33. The summed E-state index contributed by atoms with van der Waals surface area (Å²) in [7, 11) is 4.40. The zero-order valence-electron chi connectivity index (χ0n) is 68.8. The number of likely N-dealkylation sites (N-methyl/N-ethyl adjacent to an activating group) is 2. The fourth-order valence-electron chi connectivity index (χ4n) is 15.9. The zero-order valence-corrected chi connectivity index (χ0v) is 71.2. The molecule has 0 bridgehead atoms. The van der Waals surface area contributed by atoms with Crippen LogP contribution < -0.4 is 19.5 Å². The van der Waals surface area contributed by atoms with Gasteiger partial charge in [-0.2, -0.15) is 0 Å². The van der Waals surface area contributed by atoms with Crippen LogP contribution in [0.25, 0.3) is 62.4 Å². The number of thiophene rings is 3. The summed E-state index contributed by atoms with van der Waals surface area (Å²) >= 11 is 4.27. The number of benzene rings is 3. The molecule has 4 aliphatic heterocycles. The van der Waals surface area contributed by atoms with Crippen molar-refractivity contribution in [3.8, 4) is 66.2 Å². The van der Waals surface area contributed by atoms with E-state index in [1.54, 1.807) is 97.6 Å². The number of fused-ring (bicyclic) bond motifs is 3. The van der Waals surface area contributed by atoms with E-state index < -0.39 is 23.4 Å². The largest absolute Gasteiger partial charge is 0.478 e. The lowest BCUT2D eigenvalue weighted by molar-refractivity contribution is -0.119. The summed E-state index contributed by atoms with van der Waals surface area (Å²) in [6.07, 6.45) is 24.0. The number of amides is 1. The van der Waals surface area contributed by atoms with Crippen molar-refractivity contribution in [2.24, 2.45) is 17.8 Å². The first-order valence-corrected chi connectivity index (χ1v) is 44.8. The highest BCUT2D eigenvalue weighted by molar-refractivity contribution is 7.23.